The number of likely N-dealkylation sites (tertiary alicyclic amines) is 1. The second-order valence-electron chi connectivity index (χ2n) is 8.20. The van der Waals surface area contributed by atoms with Crippen LogP contribution in [0.5, 0.6) is 0 Å². The molecule has 1 aliphatic heterocycles. The molecule has 4 nitrogen and oxygen atoms in total. The number of carbonyl (C=O) groups is 1. The number of para-hydroxylation sites is 1. The number of benzene rings is 2. The molecule has 5 heteroatoms. The topological polar surface area (TPSA) is 35.6 Å². The van der Waals surface area contributed by atoms with Crippen molar-refractivity contribution in [2.24, 2.45) is 0 Å². The maximum absolute atomic E-state index is 12.6. The summed E-state index contributed by atoms with van der Waals surface area (Å²) < 4.78 is 0. The zero-order valence-corrected chi connectivity index (χ0v) is 18.5. The zero-order valence-electron chi connectivity index (χ0n) is 17.7. The highest BCUT2D eigenvalue weighted by molar-refractivity contribution is 5.89. The monoisotopic (exact) mass is 425 g/mol. The number of hydrogen-bond donors (Lipinski definition) is 1. The quantitative estimate of drug-likeness (QED) is 0.631. The van der Waals surface area contributed by atoms with Gasteiger partial charge in [-0.2, -0.15) is 0 Å². The van der Waals surface area contributed by atoms with E-state index in [1.54, 1.807) is 5.57 Å². The fourth-order valence-corrected chi connectivity index (χ4v) is 4.43. The number of nitrogens with one attached hydrogen (secondary N) is 1. The normalized spacial score (nSPS) is 17.8. The minimum Gasteiger partial charge on any atom is -0.325 e. The van der Waals surface area contributed by atoms with Crippen molar-refractivity contribution in [1.29, 1.82) is 0 Å². The van der Waals surface area contributed by atoms with E-state index in [0.717, 1.165) is 38.0 Å². The smallest absolute Gasteiger partial charge is 0.321 e. The number of nitrogens with zero attached hydrogens (tertiary/aromatic N) is 2. The molecule has 0 radical (unpaired) electrons. The number of rotatable bonds is 6. The first-order chi connectivity index (χ1) is 14.2. The number of hydrogen-bond acceptors (Lipinski definition) is 2. The number of urea groups is 1. The van der Waals surface area contributed by atoms with Crippen molar-refractivity contribution in [2.45, 2.75) is 44.2 Å². The lowest BCUT2D eigenvalue weighted by Crippen LogP contribution is -2.50. The van der Waals surface area contributed by atoms with Crippen LogP contribution in [0.1, 0.15) is 31.2 Å². The third kappa shape index (κ3) is 5.44. The van der Waals surface area contributed by atoms with E-state index in [2.05, 4.69) is 46.6 Å². The average Bonchev–Trinajstić information content (AvgIpc) is 2.73. The summed E-state index contributed by atoms with van der Waals surface area (Å²) in [7, 11) is 1.93. The van der Waals surface area contributed by atoms with Gasteiger partial charge in [0.25, 0.3) is 0 Å². The van der Waals surface area contributed by atoms with Gasteiger partial charge in [0, 0.05) is 37.9 Å². The number of piperidine rings is 1. The SMILES string of the molecule is CN(C(=O)Nc1ccccc1)C1CCN(C(Cc2ccccc2)C2=CCC2)CC1.Cl. The Balaban J connectivity index is 0.00000256. The number of carbonyl (C=O) groups excluding carboxylic acids is 1. The van der Waals surface area contributed by atoms with Crippen LogP contribution in [-0.2, 0) is 6.42 Å². The van der Waals surface area contributed by atoms with E-state index in [9.17, 15) is 4.79 Å². The van der Waals surface area contributed by atoms with Gasteiger partial charge in [-0.15, -0.1) is 12.4 Å². The summed E-state index contributed by atoms with van der Waals surface area (Å²) in [6.45, 7) is 2.09. The van der Waals surface area contributed by atoms with E-state index >= 15 is 0 Å². The zero-order chi connectivity index (χ0) is 20.1. The highest BCUT2D eigenvalue weighted by atomic mass is 35.5. The molecule has 4 rings (SSSR count). The van der Waals surface area contributed by atoms with E-state index in [0.29, 0.717) is 12.1 Å². The van der Waals surface area contributed by atoms with Crippen LogP contribution in [0.25, 0.3) is 0 Å². The first kappa shape index (κ1) is 22.4. The van der Waals surface area contributed by atoms with E-state index in [1.165, 1.54) is 18.4 Å². The van der Waals surface area contributed by atoms with Gasteiger partial charge in [-0.25, -0.2) is 4.79 Å². The molecular formula is C25H32ClN3O. The van der Waals surface area contributed by atoms with Crippen LogP contribution in [0.4, 0.5) is 10.5 Å². The molecule has 1 atom stereocenters. The number of allylic oxidation sites excluding steroid dienone is 1. The molecule has 1 saturated heterocycles. The summed E-state index contributed by atoms with van der Waals surface area (Å²) in [5, 5.41) is 3.01. The Morgan fingerprint density at radius 1 is 1.07 bits per heavy atom. The van der Waals surface area contributed by atoms with Crippen molar-refractivity contribution in [1.82, 2.24) is 9.80 Å². The number of halogens is 1. The highest BCUT2D eigenvalue weighted by Crippen LogP contribution is 2.30. The standard InChI is InChI=1S/C25H31N3O.ClH/c1-27(25(29)26-22-13-6-3-7-14-22)23-15-17-28(18-16-23)24(21-11-8-12-21)19-20-9-4-2-5-10-20;/h2-7,9-11,13-14,23-24H,8,12,15-19H2,1H3,(H,26,29);1H. The van der Waals surface area contributed by atoms with Crippen molar-refractivity contribution < 1.29 is 4.79 Å². The minimum atomic E-state index is -0.0165. The second kappa shape index (κ2) is 10.6. The molecule has 30 heavy (non-hydrogen) atoms. The maximum Gasteiger partial charge on any atom is 0.321 e. The number of anilines is 1. The molecule has 1 N–H and O–H groups in total. The summed E-state index contributed by atoms with van der Waals surface area (Å²) in [5.41, 5.74) is 3.86. The van der Waals surface area contributed by atoms with Crippen LogP contribution in [0.2, 0.25) is 0 Å². The first-order valence-corrected chi connectivity index (χ1v) is 10.8. The van der Waals surface area contributed by atoms with Crippen molar-refractivity contribution in [3.8, 4) is 0 Å². The molecule has 0 saturated carbocycles. The van der Waals surface area contributed by atoms with Crippen molar-refractivity contribution in [3.05, 3.63) is 77.9 Å². The molecule has 1 fully saturated rings. The Hall–Kier alpha value is -2.30. The summed E-state index contributed by atoms with van der Waals surface area (Å²) in [6, 6.07) is 21.3. The van der Waals surface area contributed by atoms with Gasteiger partial charge in [0.1, 0.15) is 0 Å². The molecule has 2 aromatic carbocycles. The third-order valence-electron chi connectivity index (χ3n) is 6.37. The van der Waals surface area contributed by atoms with Crippen LogP contribution in [0.15, 0.2) is 72.3 Å². The molecule has 2 amide bonds. The third-order valence-corrected chi connectivity index (χ3v) is 6.37. The lowest BCUT2D eigenvalue weighted by atomic mass is 9.86. The fourth-order valence-electron chi connectivity index (χ4n) is 4.43. The summed E-state index contributed by atoms with van der Waals surface area (Å²) in [5.74, 6) is 0. The number of amides is 2. The Labute approximate surface area is 186 Å². The van der Waals surface area contributed by atoms with Gasteiger partial charge in [0.15, 0.2) is 0 Å². The second-order valence-corrected chi connectivity index (χ2v) is 8.20. The van der Waals surface area contributed by atoms with Crippen molar-refractivity contribution >= 4 is 24.1 Å². The molecule has 1 unspecified atom stereocenters. The van der Waals surface area contributed by atoms with Crippen LogP contribution in [0.3, 0.4) is 0 Å². The Bertz CT molecular complexity index is 832. The molecule has 1 aliphatic carbocycles. The minimum absolute atomic E-state index is 0. The van der Waals surface area contributed by atoms with E-state index < -0.39 is 0 Å². The van der Waals surface area contributed by atoms with Crippen molar-refractivity contribution in [3.63, 3.8) is 0 Å². The molecule has 160 valence electrons. The van der Waals surface area contributed by atoms with Gasteiger partial charge in [0.2, 0.25) is 0 Å². The maximum atomic E-state index is 12.6. The summed E-state index contributed by atoms with van der Waals surface area (Å²) in [6.07, 6.45) is 8.01. The highest BCUT2D eigenvalue weighted by Gasteiger charge is 2.31. The molecule has 0 aromatic heterocycles. The van der Waals surface area contributed by atoms with Gasteiger partial charge in [0.05, 0.1) is 0 Å². The van der Waals surface area contributed by atoms with Gasteiger partial charge in [-0.1, -0.05) is 60.2 Å². The predicted molar refractivity (Wildman–Crippen MR) is 126 cm³/mol. The summed E-state index contributed by atoms with van der Waals surface area (Å²) in [4.78, 5) is 17.1. The van der Waals surface area contributed by atoms with Crippen LogP contribution in [0, 0.1) is 0 Å². The Morgan fingerprint density at radius 2 is 1.67 bits per heavy atom. The molecule has 2 aliphatic rings. The average molecular weight is 426 g/mol. The van der Waals surface area contributed by atoms with Gasteiger partial charge in [-0.05, 0) is 49.8 Å². The van der Waals surface area contributed by atoms with Gasteiger partial charge >= 0.3 is 6.03 Å². The Morgan fingerprint density at radius 3 is 2.23 bits per heavy atom. The molecule has 1 heterocycles. The lowest BCUT2D eigenvalue weighted by Gasteiger charge is -2.42. The van der Waals surface area contributed by atoms with E-state index in [4.69, 9.17) is 0 Å². The molecule has 0 spiro atoms. The van der Waals surface area contributed by atoms with Gasteiger partial charge < -0.3 is 10.2 Å². The Kier molecular flexibility index (Phi) is 7.94. The molecular weight excluding hydrogens is 394 g/mol. The van der Waals surface area contributed by atoms with E-state index in [-0.39, 0.29) is 18.4 Å². The fraction of sp³-hybridized carbons (Fsp3) is 0.400. The summed E-state index contributed by atoms with van der Waals surface area (Å²) >= 11 is 0. The molecule has 2 aromatic rings. The van der Waals surface area contributed by atoms with Crippen LogP contribution in [-0.4, -0.2) is 48.1 Å². The van der Waals surface area contributed by atoms with E-state index in [1.807, 2.05) is 42.3 Å². The van der Waals surface area contributed by atoms with Crippen LogP contribution >= 0.6 is 12.4 Å². The first-order valence-electron chi connectivity index (χ1n) is 10.8. The largest absolute Gasteiger partial charge is 0.325 e. The molecule has 0 bridgehead atoms. The van der Waals surface area contributed by atoms with Crippen molar-refractivity contribution in [2.75, 3.05) is 25.5 Å². The van der Waals surface area contributed by atoms with Gasteiger partial charge in [-0.3, -0.25) is 4.90 Å². The predicted octanol–water partition coefficient (Wildman–Crippen LogP) is 5.37. The van der Waals surface area contributed by atoms with Crippen LogP contribution < -0.4 is 5.32 Å². The lowest BCUT2D eigenvalue weighted by molar-refractivity contribution is 0.118.